The first-order valence-corrected chi connectivity index (χ1v) is 5.52. The first-order chi connectivity index (χ1) is 8.52. The van der Waals surface area contributed by atoms with E-state index in [4.69, 9.17) is 33.0 Å². The number of carbonyl (C=O) groups is 1. The Morgan fingerprint density at radius 2 is 2.11 bits per heavy atom. The lowest BCUT2D eigenvalue weighted by Crippen LogP contribution is -1.91. The van der Waals surface area contributed by atoms with E-state index >= 15 is 0 Å². The van der Waals surface area contributed by atoms with Crippen LogP contribution in [-0.4, -0.2) is 23.3 Å². The van der Waals surface area contributed by atoms with Gasteiger partial charge >= 0.3 is 5.97 Å². The summed E-state index contributed by atoms with van der Waals surface area (Å²) < 4.78 is 9.71. The highest BCUT2D eigenvalue weighted by molar-refractivity contribution is 6.36. The normalized spacial score (nSPS) is 10.4. The number of aromatic carboxylic acids is 1. The van der Waals surface area contributed by atoms with Gasteiger partial charge in [0, 0.05) is 22.7 Å². The van der Waals surface area contributed by atoms with Gasteiger partial charge in [-0.25, -0.2) is 4.79 Å². The van der Waals surface area contributed by atoms with E-state index < -0.39 is 5.97 Å². The topological polar surface area (TPSA) is 72.6 Å². The van der Waals surface area contributed by atoms with E-state index in [1.165, 1.54) is 13.2 Å². The molecule has 1 N–H and O–H groups in total. The minimum Gasteiger partial charge on any atom is -0.495 e. The molecule has 0 saturated heterocycles. The van der Waals surface area contributed by atoms with Gasteiger partial charge in [-0.05, 0) is 6.07 Å². The summed E-state index contributed by atoms with van der Waals surface area (Å²) in [6, 6.07) is 4.36. The molecular formula is C11H7Cl2NO4. The average molecular weight is 288 g/mol. The molecule has 2 aromatic rings. The molecule has 0 amide bonds. The number of nitrogens with zero attached hydrogens (tertiary/aromatic N) is 1. The molecule has 0 aliphatic rings. The van der Waals surface area contributed by atoms with Crippen LogP contribution in [0.5, 0.6) is 5.75 Å². The summed E-state index contributed by atoms with van der Waals surface area (Å²) in [5.74, 6) is -1.11. The first kappa shape index (κ1) is 12.7. The molecule has 0 fully saturated rings. The molecule has 0 unspecified atom stereocenters. The molecule has 1 heterocycles. The first-order valence-electron chi connectivity index (χ1n) is 4.76. The van der Waals surface area contributed by atoms with Crippen LogP contribution in [-0.2, 0) is 0 Å². The van der Waals surface area contributed by atoms with Crippen LogP contribution in [0, 0.1) is 0 Å². The van der Waals surface area contributed by atoms with Crippen molar-refractivity contribution >= 4 is 29.2 Å². The van der Waals surface area contributed by atoms with Crippen LogP contribution in [0.3, 0.4) is 0 Å². The van der Waals surface area contributed by atoms with Crippen LogP contribution in [0.1, 0.15) is 10.6 Å². The van der Waals surface area contributed by atoms with E-state index in [1.54, 1.807) is 12.1 Å². The predicted octanol–water partition coefficient (Wildman–Crippen LogP) is 3.36. The fourth-order valence-electron chi connectivity index (χ4n) is 1.40. The minimum absolute atomic E-state index is 0.276. The van der Waals surface area contributed by atoms with Crippen LogP contribution in [0.15, 0.2) is 22.7 Å². The number of rotatable bonds is 3. The van der Waals surface area contributed by atoms with E-state index in [2.05, 4.69) is 9.68 Å². The van der Waals surface area contributed by atoms with Gasteiger partial charge in [-0.3, -0.25) is 0 Å². The maximum absolute atomic E-state index is 10.7. The molecule has 7 heteroatoms. The maximum Gasteiger partial charge on any atom is 0.374 e. The van der Waals surface area contributed by atoms with E-state index in [0.717, 1.165) is 0 Å². The third-order valence-corrected chi connectivity index (χ3v) is 2.83. The quantitative estimate of drug-likeness (QED) is 0.937. The van der Waals surface area contributed by atoms with Gasteiger partial charge in [0.05, 0.1) is 12.1 Å². The summed E-state index contributed by atoms with van der Waals surface area (Å²) in [5.41, 5.74) is 0.718. The van der Waals surface area contributed by atoms with Crippen LogP contribution < -0.4 is 4.74 Å². The summed E-state index contributed by atoms with van der Waals surface area (Å²) in [6.07, 6.45) is 0. The van der Waals surface area contributed by atoms with Gasteiger partial charge in [-0.2, -0.15) is 0 Å². The van der Waals surface area contributed by atoms with Crippen LogP contribution >= 0.6 is 23.2 Å². The molecule has 0 bridgehead atoms. The van der Waals surface area contributed by atoms with Crippen molar-refractivity contribution in [2.45, 2.75) is 0 Å². The molecule has 0 spiro atoms. The number of methoxy groups -OCH3 is 1. The Bertz CT molecular complexity index is 609. The van der Waals surface area contributed by atoms with Crippen LogP contribution in [0.2, 0.25) is 10.0 Å². The zero-order valence-corrected chi connectivity index (χ0v) is 10.6. The molecule has 1 aromatic carbocycles. The standard InChI is InChI=1S/C11H7Cl2NO4/c1-17-8-3-5(12)2-6(10(8)13)7-4-9(11(15)16)18-14-7/h2-4H,1H3,(H,15,16). The van der Waals surface area contributed by atoms with Crippen molar-refractivity contribution in [2.75, 3.05) is 7.11 Å². The fraction of sp³-hybridized carbons (Fsp3) is 0.0909. The summed E-state index contributed by atoms with van der Waals surface area (Å²) in [5, 5.41) is 13.1. The van der Waals surface area contributed by atoms with Crippen molar-refractivity contribution in [1.29, 1.82) is 0 Å². The fourth-order valence-corrected chi connectivity index (χ4v) is 1.89. The largest absolute Gasteiger partial charge is 0.495 e. The number of carboxylic acid groups (broad SMARTS) is 1. The van der Waals surface area contributed by atoms with E-state index in [9.17, 15) is 4.79 Å². The second-order valence-corrected chi connectivity index (χ2v) is 4.17. The Labute approximate surface area is 112 Å². The molecule has 0 saturated carbocycles. The lowest BCUT2D eigenvalue weighted by Gasteiger charge is -2.07. The number of hydrogen-bond acceptors (Lipinski definition) is 4. The van der Waals surface area contributed by atoms with Gasteiger partial charge in [0.2, 0.25) is 5.76 Å². The second-order valence-electron chi connectivity index (χ2n) is 3.35. The van der Waals surface area contributed by atoms with Crippen molar-refractivity contribution in [2.24, 2.45) is 0 Å². The molecule has 5 nitrogen and oxygen atoms in total. The summed E-state index contributed by atoms with van der Waals surface area (Å²) in [6.45, 7) is 0. The van der Waals surface area contributed by atoms with Crippen molar-refractivity contribution in [1.82, 2.24) is 5.16 Å². The van der Waals surface area contributed by atoms with Crippen LogP contribution in [0.25, 0.3) is 11.3 Å². The van der Waals surface area contributed by atoms with E-state index in [1.807, 2.05) is 0 Å². The van der Waals surface area contributed by atoms with Gasteiger partial charge in [-0.15, -0.1) is 0 Å². The van der Waals surface area contributed by atoms with Crippen molar-refractivity contribution < 1.29 is 19.2 Å². The van der Waals surface area contributed by atoms with Gasteiger partial charge in [-0.1, -0.05) is 28.4 Å². The number of ether oxygens (including phenoxy) is 1. The molecular weight excluding hydrogens is 281 g/mol. The van der Waals surface area contributed by atoms with E-state index in [-0.39, 0.29) is 16.5 Å². The van der Waals surface area contributed by atoms with Gasteiger partial charge in [0.15, 0.2) is 0 Å². The van der Waals surface area contributed by atoms with E-state index in [0.29, 0.717) is 16.3 Å². The Morgan fingerprint density at radius 3 is 2.67 bits per heavy atom. The molecule has 1 aromatic heterocycles. The second kappa shape index (κ2) is 4.88. The zero-order chi connectivity index (χ0) is 13.3. The Balaban J connectivity index is 2.55. The lowest BCUT2D eigenvalue weighted by atomic mass is 10.1. The molecule has 0 aliphatic heterocycles. The third-order valence-electron chi connectivity index (χ3n) is 2.22. The summed E-state index contributed by atoms with van der Waals surface area (Å²) in [4.78, 5) is 10.7. The van der Waals surface area contributed by atoms with Gasteiger partial charge in [0.1, 0.15) is 11.4 Å². The van der Waals surface area contributed by atoms with Gasteiger partial charge < -0.3 is 14.4 Å². The Hall–Kier alpha value is -1.72. The molecule has 0 atom stereocenters. The number of carboxylic acids is 1. The average Bonchev–Trinajstić information content (AvgIpc) is 2.81. The summed E-state index contributed by atoms with van der Waals surface area (Å²) >= 11 is 12.0. The molecule has 0 radical (unpaired) electrons. The van der Waals surface area contributed by atoms with Crippen LogP contribution in [0.4, 0.5) is 0 Å². The summed E-state index contributed by atoms with van der Waals surface area (Å²) in [7, 11) is 1.45. The van der Waals surface area contributed by atoms with Crippen molar-refractivity contribution in [3.8, 4) is 17.0 Å². The highest BCUT2D eigenvalue weighted by atomic mass is 35.5. The zero-order valence-electron chi connectivity index (χ0n) is 9.11. The highest BCUT2D eigenvalue weighted by Gasteiger charge is 2.17. The lowest BCUT2D eigenvalue weighted by molar-refractivity contribution is 0.0652. The highest BCUT2D eigenvalue weighted by Crippen LogP contribution is 2.37. The Morgan fingerprint density at radius 1 is 1.39 bits per heavy atom. The molecule has 2 rings (SSSR count). The maximum atomic E-state index is 10.7. The molecule has 94 valence electrons. The number of aromatic nitrogens is 1. The van der Waals surface area contributed by atoms with Crippen molar-refractivity contribution in [3.05, 3.63) is 34.0 Å². The molecule has 18 heavy (non-hydrogen) atoms. The third kappa shape index (κ3) is 2.27. The smallest absolute Gasteiger partial charge is 0.374 e. The number of hydrogen-bond donors (Lipinski definition) is 1. The number of halogens is 2. The minimum atomic E-state index is -1.21. The van der Waals surface area contributed by atoms with Crippen molar-refractivity contribution in [3.63, 3.8) is 0 Å². The SMILES string of the molecule is COc1cc(Cl)cc(-c2cc(C(=O)O)on2)c1Cl. The molecule has 0 aliphatic carbocycles. The van der Waals surface area contributed by atoms with Gasteiger partial charge in [0.25, 0.3) is 0 Å². The Kier molecular flexibility index (Phi) is 3.45. The number of benzene rings is 1. The monoisotopic (exact) mass is 287 g/mol. The predicted molar refractivity (Wildman–Crippen MR) is 65.5 cm³/mol.